The maximum atomic E-state index is 12.7. The number of hydrogen-bond acceptors (Lipinski definition) is 4. The van der Waals surface area contributed by atoms with Crippen LogP contribution in [0.15, 0.2) is 29.1 Å². The molecule has 2 heterocycles. The Morgan fingerprint density at radius 3 is 2.69 bits per heavy atom. The van der Waals surface area contributed by atoms with Crippen LogP contribution in [0.1, 0.15) is 33.1 Å². The van der Waals surface area contributed by atoms with Gasteiger partial charge in [-0.15, -0.1) is 0 Å². The highest BCUT2D eigenvalue weighted by molar-refractivity contribution is 5.76. The number of carbonyl (C=O) groups is 1. The molecule has 7 nitrogen and oxygen atoms in total. The number of aromatic nitrogens is 2. The van der Waals surface area contributed by atoms with Gasteiger partial charge in [0.25, 0.3) is 5.56 Å². The lowest BCUT2D eigenvalue weighted by Gasteiger charge is -2.33. The normalized spacial score (nSPS) is 16.5. The molecule has 3 rings (SSSR count). The number of hydrogen-bond donors (Lipinski definition) is 2. The van der Waals surface area contributed by atoms with E-state index in [1.54, 1.807) is 11.6 Å². The van der Waals surface area contributed by atoms with Crippen LogP contribution in [-0.2, 0) is 7.05 Å². The molecular weight excluding hydrogens is 330 g/mol. The molecule has 0 bridgehead atoms. The summed E-state index contributed by atoms with van der Waals surface area (Å²) in [5, 5.41) is 5.96. The number of piperidine rings is 1. The molecule has 2 amide bonds. The van der Waals surface area contributed by atoms with Crippen molar-refractivity contribution in [1.29, 1.82) is 0 Å². The third kappa shape index (κ3) is 3.81. The molecule has 1 fully saturated rings. The first-order chi connectivity index (χ1) is 12.5. The van der Waals surface area contributed by atoms with Crippen LogP contribution >= 0.6 is 0 Å². The summed E-state index contributed by atoms with van der Waals surface area (Å²) in [5.41, 5.74) is 1.57. The minimum atomic E-state index is -0.113. The van der Waals surface area contributed by atoms with Crippen LogP contribution in [0.4, 0.5) is 10.6 Å². The van der Waals surface area contributed by atoms with Gasteiger partial charge in [-0.25, -0.2) is 9.78 Å². The lowest BCUT2D eigenvalue weighted by Crippen LogP contribution is -2.50. The van der Waals surface area contributed by atoms with E-state index < -0.39 is 0 Å². The SMILES string of the molecule is CC[C@@H](C)NC(=O)NC1CCN(c2nc3ccccc3n(C)c2=O)CC1. The predicted octanol–water partition coefficient (Wildman–Crippen LogP) is 2.00. The minimum absolute atomic E-state index is 0.0791. The number of nitrogens with zero attached hydrogens (tertiary/aromatic N) is 3. The van der Waals surface area contributed by atoms with E-state index in [1.807, 2.05) is 43.0 Å². The van der Waals surface area contributed by atoms with Crippen molar-refractivity contribution in [1.82, 2.24) is 20.2 Å². The number of para-hydroxylation sites is 2. The average molecular weight is 357 g/mol. The van der Waals surface area contributed by atoms with Crippen molar-refractivity contribution < 1.29 is 4.79 Å². The molecule has 2 aromatic rings. The van der Waals surface area contributed by atoms with Crippen LogP contribution in [0.2, 0.25) is 0 Å². The molecule has 1 aliphatic rings. The largest absolute Gasteiger partial charge is 0.352 e. The Balaban J connectivity index is 1.67. The van der Waals surface area contributed by atoms with E-state index in [0.29, 0.717) is 18.9 Å². The van der Waals surface area contributed by atoms with Crippen LogP contribution in [0.25, 0.3) is 11.0 Å². The van der Waals surface area contributed by atoms with E-state index in [4.69, 9.17) is 0 Å². The Bertz CT molecular complexity index is 839. The molecule has 0 saturated carbocycles. The highest BCUT2D eigenvalue weighted by Gasteiger charge is 2.24. The predicted molar refractivity (Wildman–Crippen MR) is 104 cm³/mol. The van der Waals surface area contributed by atoms with Crippen molar-refractivity contribution in [3.8, 4) is 0 Å². The van der Waals surface area contributed by atoms with Crippen LogP contribution < -0.4 is 21.1 Å². The van der Waals surface area contributed by atoms with E-state index in [1.165, 1.54) is 0 Å². The number of aryl methyl sites for hydroxylation is 1. The molecule has 1 saturated heterocycles. The summed E-state index contributed by atoms with van der Waals surface area (Å²) in [5.74, 6) is 0.494. The van der Waals surface area contributed by atoms with Crippen LogP contribution in [0, 0.1) is 0 Å². The second-order valence-corrected chi connectivity index (χ2v) is 6.98. The first kappa shape index (κ1) is 18.2. The molecule has 0 unspecified atom stereocenters. The first-order valence-corrected chi connectivity index (χ1v) is 9.27. The summed E-state index contributed by atoms with van der Waals surface area (Å²) in [6.45, 7) is 5.44. The highest BCUT2D eigenvalue weighted by Crippen LogP contribution is 2.18. The van der Waals surface area contributed by atoms with Crippen molar-refractivity contribution in [3.63, 3.8) is 0 Å². The Kier molecular flexibility index (Phi) is 5.44. The van der Waals surface area contributed by atoms with Crippen LogP contribution in [-0.4, -0.2) is 40.8 Å². The van der Waals surface area contributed by atoms with Gasteiger partial charge in [0.2, 0.25) is 0 Å². The molecule has 0 spiro atoms. The molecule has 26 heavy (non-hydrogen) atoms. The van der Waals surface area contributed by atoms with Crippen LogP contribution in [0.5, 0.6) is 0 Å². The standard InChI is InChI=1S/C19H27N5O2/c1-4-13(2)20-19(26)21-14-9-11-24(12-10-14)17-18(25)23(3)16-8-6-5-7-15(16)22-17/h5-8,13-14H,4,9-12H2,1-3H3,(H2,20,21,26)/t13-/m1/s1. The number of anilines is 1. The number of urea groups is 1. The number of nitrogens with one attached hydrogen (secondary N) is 2. The van der Waals surface area contributed by atoms with Crippen molar-refractivity contribution in [2.45, 2.75) is 45.2 Å². The van der Waals surface area contributed by atoms with Gasteiger partial charge in [-0.05, 0) is 38.3 Å². The zero-order valence-electron chi connectivity index (χ0n) is 15.7. The van der Waals surface area contributed by atoms with Crippen molar-refractivity contribution in [2.24, 2.45) is 7.05 Å². The minimum Gasteiger partial charge on any atom is -0.352 e. The molecule has 2 N–H and O–H groups in total. The summed E-state index contributed by atoms with van der Waals surface area (Å²) in [4.78, 5) is 31.3. The molecule has 1 aromatic heterocycles. The van der Waals surface area contributed by atoms with Crippen molar-refractivity contribution in [2.75, 3.05) is 18.0 Å². The van der Waals surface area contributed by atoms with Gasteiger partial charge in [-0.1, -0.05) is 19.1 Å². The monoisotopic (exact) mass is 357 g/mol. The van der Waals surface area contributed by atoms with E-state index in [0.717, 1.165) is 30.3 Å². The summed E-state index contributed by atoms with van der Waals surface area (Å²) in [7, 11) is 1.78. The quantitative estimate of drug-likeness (QED) is 0.877. The van der Waals surface area contributed by atoms with Gasteiger partial charge >= 0.3 is 6.03 Å². The second kappa shape index (κ2) is 7.76. The highest BCUT2D eigenvalue weighted by atomic mass is 16.2. The lowest BCUT2D eigenvalue weighted by molar-refractivity contribution is 0.231. The summed E-state index contributed by atoms with van der Waals surface area (Å²) >= 11 is 0. The fourth-order valence-electron chi connectivity index (χ4n) is 3.26. The van der Waals surface area contributed by atoms with Gasteiger partial charge in [0, 0.05) is 32.2 Å². The van der Waals surface area contributed by atoms with Crippen molar-refractivity contribution >= 4 is 22.9 Å². The second-order valence-electron chi connectivity index (χ2n) is 6.98. The Morgan fingerprint density at radius 1 is 1.31 bits per heavy atom. The fourth-order valence-corrected chi connectivity index (χ4v) is 3.26. The summed E-state index contributed by atoms with van der Waals surface area (Å²) in [6.07, 6.45) is 2.50. The third-order valence-corrected chi connectivity index (χ3v) is 5.08. The molecule has 7 heteroatoms. The van der Waals surface area contributed by atoms with E-state index in [-0.39, 0.29) is 23.7 Å². The Hall–Kier alpha value is -2.57. The summed E-state index contributed by atoms with van der Waals surface area (Å²) < 4.78 is 1.65. The van der Waals surface area contributed by atoms with Gasteiger partial charge in [0.15, 0.2) is 5.82 Å². The van der Waals surface area contributed by atoms with Gasteiger partial charge in [0.05, 0.1) is 11.0 Å². The van der Waals surface area contributed by atoms with E-state index in [2.05, 4.69) is 15.6 Å². The molecule has 140 valence electrons. The Labute approximate surface area is 153 Å². The van der Waals surface area contributed by atoms with Gasteiger partial charge in [-0.2, -0.15) is 0 Å². The van der Waals surface area contributed by atoms with Crippen molar-refractivity contribution in [3.05, 3.63) is 34.6 Å². The fraction of sp³-hybridized carbons (Fsp3) is 0.526. The van der Waals surface area contributed by atoms with Gasteiger partial charge < -0.3 is 20.1 Å². The lowest BCUT2D eigenvalue weighted by atomic mass is 10.1. The zero-order chi connectivity index (χ0) is 18.7. The number of carbonyl (C=O) groups excluding carboxylic acids is 1. The molecular formula is C19H27N5O2. The maximum Gasteiger partial charge on any atom is 0.315 e. The first-order valence-electron chi connectivity index (χ1n) is 9.27. The zero-order valence-corrected chi connectivity index (χ0v) is 15.7. The van der Waals surface area contributed by atoms with Crippen LogP contribution in [0.3, 0.4) is 0 Å². The van der Waals surface area contributed by atoms with E-state index in [9.17, 15) is 9.59 Å². The average Bonchev–Trinajstić information content (AvgIpc) is 2.65. The maximum absolute atomic E-state index is 12.7. The number of amides is 2. The number of rotatable bonds is 4. The third-order valence-electron chi connectivity index (χ3n) is 5.08. The smallest absolute Gasteiger partial charge is 0.315 e. The Morgan fingerprint density at radius 2 is 2.00 bits per heavy atom. The van der Waals surface area contributed by atoms with Gasteiger partial charge in [0.1, 0.15) is 0 Å². The number of fused-ring (bicyclic) bond motifs is 1. The molecule has 1 aliphatic heterocycles. The topological polar surface area (TPSA) is 79.3 Å². The molecule has 1 aromatic carbocycles. The van der Waals surface area contributed by atoms with Gasteiger partial charge in [-0.3, -0.25) is 4.79 Å². The molecule has 1 atom stereocenters. The molecule has 0 aliphatic carbocycles. The number of benzene rings is 1. The van der Waals surface area contributed by atoms with E-state index >= 15 is 0 Å². The summed E-state index contributed by atoms with van der Waals surface area (Å²) in [6, 6.07) is 7.84. The molecule has 0 radical (unpaired) electrons.